The van der Waals surface area contributed by atoms with Gasteiger partial charge in [0.15, 0.2) is 5.82 Å². The fraction of sp³-hybridized carbons (Fsp3) is 0.167. The molecule has 0 radical (unpaired) electrons. The third-order valence-electron chi connectivity index (χ3n) is 3.40. The van der Waals surface area contributed by atoms with Gasteiger partial charge in [-0.15, -0.1) is 0 Å². The average Bonchev–Trinajstić information content (AvgIpc) is 2.99. The van der Waals surface area contributed by atoms with Gasteiger partial charge in [-0.3, -0.25) is 9.59 Å². The molecule has 0 spiro atoms. The van der Waals surface area contributed by atoms with Crippen molar-refractivity contribution in [1.82, 2.24) is 15.1 Å². The van der Waals surface area contributed by atoms with E-state index >= 15 is 0 Å². The van der Waals surface area contributed by atoms with Crippen LogP contribution >= 0.6 is 0 Å². The summed E-state index contributed by atoms with van der Waals surface area (Å²) in [6.07, 6.45) is 0. The van der Waals surface area contributed by atoms with Crippen LogP contribution in [-0.2, 0) is 4.79 Å². The van der Waals surface area contributed by atoms with Crippen molar-refractivity contribution in [3.63, 3.8) is 0 Å². The lowest BCUT2D eigenvalue weighted by atomic mass is 10.2. The van der Waals surface area contributed by atoms with Crippen LogP contribution in [0.1, 0.15) is 29.0 Å². The lowest BCUT2D eigenvalue weighted by Gasteiger charge is -2.09. The van der Waals surface area contributed by atoms with Crippen LogP contribution in [0.5, 0.6) is 0 Å². The number of hydrogen-bond donors (Lipinski definition) is 3. The maximum absolute atomic E-state index is 12.6. The van der Waals surface area contributed by atoms with E-state index in [9.17, 15) is 9.59 Å². The summed E-state index contributed by atoms with van der Waals surface area (Å²) in [7, 11) is 0. The highest BCUT2D eigenvalue weighted by molar-refractivity contribution is 6.03. The Bertz CT molecular complexity index is 998. The third-order valence-corrected chi connectivity index (χ3v) is 3.40. The molecule has 0 aliphatic carbocycles. The summed E-state index contributed by atoms with van der Waals surface area (Å²) in [5.41, 5.74) is 1.31. The van der Waals surface area contributed by atoms with Crippen LogP contribution in [0.2, 0.25) is 0 Å². The summed E-state index contributed by atoms with van der Waals surface area (Å²) < 4.78 is 5.00. The predicted octanol–water partition coefficient (Wildman–Crippen LogP) is 3.04. The Morgan fingerprint density at radius 3 is 2.37 bits per heavy atom. The molecule has 0 saturated carbocycles. The molecule has 0 fully saturated rings. The van der Waals surface area contributed by atoms with Crippen LogP contribution in [0.25, 0.3) is 0 Å². The van der Waals surface area contributed by atoms with Crippen LogP contribution in [-0.4, -0.2) is 26.9 Å². The Balaban J connectivity index is 1.77. The molecule has 9 nitrogen and oxygen atoms in total. The molecule has 9 heteroatoms. The van der Waals surface area contributed by atoms with Crippen LogP contribution in [0.3, 0.4) is 0 Å². The van der Waals surface area contributed by atoms with E-state index in [0.29, 0.717) is 34.6 Å². The van der Waals surface area contributed by atoms with Crippen molar-refractivity contribution in [2.24, 2.45) is 0 Å². The molecule has 0 saturated heterocycles. The molecule has 27 heavy (non-hydrogen) atoms. The lowest BCUT2D eigenvalue weighted by molar-refractivity contribution is -0.114. The van der Waals surface area contributed by atoms with Gasteiger partial charge in [-0.1, -0.05) is 11.2 Å². The fourth-order valence-corrected chi connectivity index (χ4v) is 2.38. The first-order valence-corrected chi connectivity index (χ1v) is 8.14. The highest BCUT2D eigenvalue weighted by Gasteiger charge is 2.12. The van der Waals surface area contributed by atoms with Crippen molar-refractivity contribution in [2.75, 3.05) is 16.0 Å². The summed E-state index contributed by atoms with van der Waals surface area (Å²) in [6, 6.07) is 10.1. The van der Waals surface area contributed by atoms with Crippen molar-refractivity contribution < 1.29 is 14.1 Å². The minimum atomic E-state index is -0.403. The zero-order valence-electron chi connectivity index (χ0n) is 15.0. The van der Waals surface area contributed by atoms with Gasteiger partial charge < -0.3 is 20.5 Å². The molecule has 2 aromatic heterocycles. The number of nitrogens with zero attached hydrogens (tertiary/aromatic N) is 3. The van der Waals surface area contributed by atoms with Crippen molar-refractivity contribution in [3.05, 3.63) is 53.7 Å². The molecule has 3 rings (SSSR count). The van der Waals surface area contributed by atoms with E-state index in [1.165, 1.54) is 13.0 Å². The number of nitrogens with one attached hydrogen (secondary N) is 3. The average molecular weight is 366 g/mol. The molecule has 3 aromatic rings. The van der Waals surface area contributed by atoms with E-state index in [1.54, 1.807) is 44.2 Å². The SMILES string of the molecule is CC(=O)Nc1cccc(NC(=O)c2cc(Nc3cc(C)on3)nc(C)n2)c1. The first-order valence-electron chi connectivity index (χ1n) is 8.14. The molecule has 1 aromatic carbocycles. The van der Waals surface area contributed by atoms with Gasteiger partial charge in [-0.05, 0) is 32.0 Å². The number of carbonyl (C=O) groups excluding carboxylic acids is 2. The molecule has 0 aliphatic heterocycles. The van der Waals surface area contributed by atoms with Gasteiger partial charge in [0.1, 0.15) is 23.1 Å². The van der Waals surface area contributed by atoms with Gasteiger partial charge in [0.25, 0.3) is 5.91 Å². The molecular weight excluding hydrogens is 348 g/mol. The number of amides is 2. The van der Waals surface area contributed by atoms with E-state index in [-0.39, 0.29) is 11.6 Å². The molecule has 2 amide bonds. The minimum Gasteiger partial charge on any atom is -0.360 e. The van der Waals surface area contributed by atoms with Gasteiger partial charge in [0.05, 0.1) is 0 Å². The van der Waals surface area contributed by atoms with Gasteiger partial charge in [-0.25, -0.2) is 9.97 Å². The molecule has 138 valence electrons. The van der Waals surface area contributed by atoms with Gasteiger partial charge in [0.2, 0.25) is 5.91 Å². The number of aryl methyl sites for hydroxylation is 2. The van der Waals surface area contributed by atoms with Crippen LogP contribution in [0.15, 0.2) is 40.9 Å². The maximum atomic E-state index is 12.6. The normalized spacial score (nSPS) is 10.3. The topological polar surface area (TPSA) is 122 Å². The Kier molecular flexibility index (Phi) is 5.11. The molecule has 0 unspecified atom stereocenters. The van der Waals surface area contributed by atoms with E-state index in [0.717, 1.165) is 0 Å². The largest absolute Gasteiger partial charge is 0.360 e. The summed E-state index contributed by atoms with van der Waals surface area (Å²) in [4.78, 5) is 32.1. The molecule has 0 aliphatic rings. The van der Waals surface area contributed by atoms with Crippen molar-refractivity contribution in [1.29, 1.82) is 0 Å². The summed E-state index contributed by atoms with van der Waals surface area (Å²) in [6.45, 7) is 4.88. The number of rotatable bonds is 5. The predicted molar refractivity (Wildman–Crippen MR) is 100.0 cm³/mol. The Labute approximate surface area is 155 Å². The van der Waals surface area contributed by atoms with E-state index in [4.69, 9.17) is 4.52 Å². The van der Waals surface area contributed by atoms with Crippen LogP contribution in [0, 0.1) is 13.8 Å². The summed E-state index contributed by atoms with van der Waals surface area (Å²) in [5, 5.41) is 12.2. The Hall–Kier alpha value is -3.75. The van der Waals surface area contributed by atoms with Crippen LogP contribution < -0.4 is 16.0 Å². The fourth-order valence-electron chi connectivity index (χ4n) is 2.38. The second-order valence-electron chi connectivity index (χ2n) is 5.85. The van der Waals surface area contributed by atoms with Crippen molar-refractivity contribution in [3.8, 4) is 0 Å². The number of aromatic nitrogens is 3. The van der Waals surface area contributed by atoms with Crippen molar-refractivity contribution >= 4 is 34.8 Å². The standard InChI is InChI=1S/C18H18N6O3/c1-10-7-17(24-27-10)23-16-9-15(19-11(2)20-16)18(26)22-14-6-4-5-13(8-14)21-12(3)25/h4-9H,1-3H3,(H,21,25)(H,22,26)(H,19,20,23,24). The van der Waals surface area contributed by atoms with E-state index < -0.39 is 5.91 Å². The number of anilines is 4. The minimum absolute atomic E-state index is 0.190. The van der Waals surface area contributed by atoms with E-state index in [1.807, 2.05) is 0 Å². The number of hydrogen-bond acceptors (Lipinski definition) is 7. The maximum Gasteiger partial charge on any atom is 0.274 e. The quantitative estimate of drug-likeness (QED) is 0.634. The van der Waals surface area contributed by atoms with Gasteiger partial charge >= 0.3 is 0 Å². The lowest BCUT2D eigenvalue weighted by Crippen LogP contribution is -2.15. The highest BCUT2D eigenvalue weighted by atomic mass is 16.5. The third kappa shape index (κ3) is 4.88. The van der Waals surface area contributed by atoms with Gasteiger partial charge in [0, 0.05) is 30.4 Å². The number of benzene rings is 1. The van der Waals surface area contributed by atoms with E-state index in [2.05, 4.69) is 31.1 Å². The smallest absolute Gasteiger partial charge is 0.274 e. The zero-order chi connectivity index (χ0) is 19.4. The molecular formula is C18H18N6O3. The highest BCUT2D eigenvalue weighted by Crippen LogP contribution is 2.18. The molecule has 0 bridgehead atoms. The second kappa shape index (κ2) is 7.65. The first-order chi connectivity index (χ1) is 12.9. The Morgan fingerprint density at radius 1 is 0.963 bits per heavy atom. The number of carbonyl (C=O) groups is 2. The van der Waals surface area contributed by atoms with Gasteiger partial charge in [-0.2, -0.15) is 0 Å². The zero-order valence-corrected chi connectivity index (χ0v) is 15.0. The van der Waals surface area contributed by atoms with Crippen LogP contribution in [0.4, 0.5) is 23.0 Å². The molecule has 0 atom stereocenters. The second-order valence-corrected chi connectivity index (χ2v) is 5.85. The molecule has 3 N–H and O–H groups in total. The Morgan fingerprint density at radius 2 is 1.70 bits per heavy atom. The summed E-state index contributed by atoms with van der Waals surface area (Å²) in [5.74, 6) is 1.40. The summed E-state index contributed by atoms with van der Waals surface area (Å²) >= 11 is 0. The first kappa shape index (κ1) is 18.1. The monoisotopic (exact) mass is 366 g/mol. The van der Waals surface area contributed by atoms with Crippen molar-refractivity contribution in [2.45, 2.75) is 20.8 Å². The molecule has 2 heterocycles.